The highest BCUT2D eigenvalue weighted by Crippen LogP contribution is 2.16. The van der Waals surface area contributed by atoms with Gasteiger partial charge >= 0.3 is 0 Å². The van der Waals surface area contributed by atoms with Crippen LogP contribution in [0.2, 0.25) is 5.02 Å². The fraction of sp³-hybridized carbons (Fsp3) is 0.200. The van der Waals surface area contributed by atoms with Crippen molar-refractivity contribution in [3.05, 3.63) is 58.7 Å². The molecule has 0 aliphatic rings. The monoisotopic (exact) mass is 289 g/mol. The summed E-state index contributed by atoms with van der Waals surface area (Å²) < 4.78 is 0. The Kier molecular flexibility index (Phi) is 4.96. The third-order valence-corrected chi connectivity index (χ3v) is 3.02. The van der Waals surface area contributed by atoms with E-state index in [1.165, 1.54) is 0 Å². The fourth-order valence-corrected chi connectivity index (χ4v) is 1.93. The zero-order valence-electron chi connectivity index (χ0n) is 11.2. The highest BCUT2D eigenvalue weighted by molar-refractivity contribution is 6.33. The summed E-state index contributed by atoms with van der Waals surface area (Å²) in [5, 5.41) is 6.21. The van der Waals surface area contributed by atoms with Gasteiger partial charge in [0.1, 0.15) is 11.5 Å². The fourth-order valence-electron chi connectivity index (χ4n) is 1.74. The van der Waals surface area contributed by atoms with Crippen LogP contribution in [-0.2, 0) is 6.54 Å². The third-order valence-electron chi connectivity index (χ3n) is 2.71. The van der Waals surface area contributed by atoms with E-state index >= 15 is 0 Å². The molecule has 0 radical (unpaired) electrons. The largest absolute Gasteiger partial charge is 0.370 e. The first kappa shape index (κ1) is 14.3. The van der Waals surface area contributed by atoms with Crippen molar-refractivity contribution in [2.24, 2.45) is 0 Å². The van der Waals surface area contributed by atoms with Crippen molar-refractivity contribution in [2.75, 3.05) is 11.9 Å². The van der Waals surface area contributed by atoms with Crippen LogP contribution >= 0.6 is 11.6 Å². The highest BCUT2D eigenvalue weighted by Gasteiger charge is 2.12. The molecule has 0 spiro atoms. The van der Waals surface area contributed by atoms with E-state index in [-0.39, 0.29) is 11.6 Å². The average Bonchev–Trinajstić information content (AvgIpc) is 2.48. The first-order valence-electron chi connectivity index (χ1n) is 6.43. The minimum absolute atomic E-state index is 0.237. The molecule has 0 atom stereocenters. The van der Waals surface area contributed by atoms with Crippen LogP contribution in [0, 0.1) is 0 Å². The maximum absolute atomic E-state index is 12.1. The maximum atomic E-state index is 12.1. The number of amides is 1. The number of nitrogens with one attached hydrogen (secondary N) is 2. The lowest BCUT2D eigenvalue weighted by Gasteiger charge is -2.08. The molecule has 2 N–H and O–H groups in total. The lowest BCUT2D eigenvalue weighted by molar-refractivity contribution is 0.0946. The number of hydrogen-bond donors (Lipinski definition) is 2. The van der Waals surface area contributed by atoms with Crippen molar-refractivity contribution in [3.8, 4) is 0 Å². The van der Waals surface area contributed by atoms with Gasteiger partial charge in [0.25, 0.3) is 5.91 Å². The molecule has 0 aliphatic heterocycles. The van der Waals surface area contributed by atoms with Crippen LogP contribution in [0.4, 0.5) is 5.82 Å². The highest BCUT2D eigenvalue weighted by atomic mass is 35.5. The second-order valence-corrected chi connectivity index (χ2v) is 4.63. The van der Waals surface area contributed by atoms with Crippen molar-refractivity contribution in [1.29, 1.82) is 0 Å². The first-order valence-corrected chi connectivity index (χ1v) is 6.81. The molecular formula is C15H16ClN3O. The summed E-state index contributed by atoms with van der Waals surface area (Å²) in [5.74, 6) is 0.361. The Morgan fingerprint density at radius 3 is 2.65 bits per heavy atom. The van der Waals surface area contributed by atoms with Crippen molar-refractivity contribution in [3.63, 3.8) is 0 Å². The number of carbonyl (C=O) groups excluding carboxylic acids is 1. The Hall–Kier alpha value is -2.07. The van der Waals surface area contributed by atoms with E-state index in [1.54, 1.807) is 12.1 Å². The molecule has 0 saturated heterocycles. The van der Waals surface area contributed by atoms with E-state index in [9.17, 15) is 4.79 Å². The predicted octanol–water partition coefficient (Wildman–Crippen LogP) is 3.10. The van der Waals surface area contributed by atoms with Crippen molar-refractivity contribution in [2.45, 2.75) is 13.5 Å². The number of hydrogen-bond acceptors (Lipinski definition) is 3. The Bertz CT molecular complexity index is 587. The Balaban J connectivity index is 2.06. The molecule has 1 heterocycles. The molecule has 20 heavy (non-hydrogen) atoms. The van der Waals surface area contributed by atoms with Crippen LogP contribution in [0.1, 0.15) is 23.0 Å². The normalized spacial score (nSPS) is 10.1. The van der Waals surface area contributed by atoms with Gasteiger partial charge in [-0.25, -0.2) is 4.98 Å². The molecule has 1 amide bonds. The molecule has 0 saturated carbocycles. The van der Waals surface area contributed by atoms with E-state index in [2.05, 4.69) is 15.6 Å². The Morgan fingerprint density at radius 2 is 1.95 bits per heavy atom. The second-order valence-electron chi connectivity index (χ2n) is 4.23. The first-order chi connectivity index (χ1) is 9.70. The summed E-state index contributed by atoms with van der Waals surface area (Å²) in [6.45, 7) is 3.15. The van der Waals surface area contributed by atoms with Gasteiger partial charge < -0.3 is 10.6 Å². The van der Waals surface area contributed by atoms with E-state index in [0.717, 1.165) is 12.1 Å². The number of pyridine rings is 1. The summed E-state index contributed by atoms with van der Waals surface area (Å²) in [7, 11) is 0. The molecule has 0 aliphatic carbocycles. The zero-order valence-corrected chi connectivity index (χ0v) is 11.9. The Morgan fingerprint density at radius 1 is 1.20 bits per heavy atom. The molecule has 104 valence electrons. The number of aromatic nitrogens is 1. The molecule has 4 nitrogen and oxygen atoms in total. The molecule has 1 aromatic heterocycles. The standard InChI is InChI=1S/C15H16ClN3O/c1-2-17-13-9-8-12(16)14(19-13)15(20)18-10-11-6-4-3-5-7-11/h3-9H,2,10H2,1H3,(H,17,19)(H,18,20). The smallest absolute Gasteiger partial charge is 0.271 e. The van der Waals surface area contributed by atoms with Crippen LogP contribution in [0.5, 0.6) is 0 Å². The number of carbonyl (C=O) groups is 1. The van der Waals surface area contributed by atoms with Crippen LogP contribution in [-0.4, -0.2) is 17.4 Å². The van der Waals surface area contributed by atoms with E-state index < -0.39 is 0 Å². The predicted molar refractivity (Wildman–Crippen MR) is 81.0 cm³/mol. The van der Waals surface area contributed by atoms with Crippen molar-refractivity contribution >= 4 is 23.3 Å². The van der Waals surface area contributed by atoms with Gasteiger partial charge in [-0.3, -0.25) is 4.79 Å². The second kappa shape index (κ2) is 6.91. The van der Waals surface area contributed by atoms with E-state index in [1.807, 2.05) is 37.3 Å². The SMILES string of the molecule is CCNc1ccc(Cl)c(C(=O)NCc2ccccc2)n1. The lowest BCUT2D eigenvalue weighted by atomic mass is 10.2. The van der Waals surface area contributed by atoms with Crippen LogP contribution in [0.3, 0.4) is 0 Å². The zero-order chi connectivity index (χ0) is 14.4. The van der Waals surface area contributed by atoms with E-state index in [4.69, 9.17) is 11.6 Å². The van der Waals surface area contributed by atoms with Gasteiger partial charge in [0, 0.05) is 13.1 Å². The molecule has 1 aromatic carbocycles. The van der Waals surface area contributed by atoms with Gasteiger partial charge in [-0.1, -0.05) is 41.9 Å². The minimum Gasteiger partial charge on any atom is -0.370 e. The summed E-state index contributed by atoms with van der Waals surface area (Å²) in [6, 6.07) is 13.1. The topological polar surface area (TPSA) is 54.0 Å². The summed E-state index contributed by atoms with van der Waals surface area (Å²) in [4.78, 5) is 16.3. The van der Waals surface area contributed by atoms with Gasteiger partial charge in [0.05, 0.1) is 5.02 Å². The molecule has 2 rings (SSSR count). The van der Waals surface area contributed by atoms with Gasteiger partial charge in [-0.15, -0.1) is 0 Å². The van der Waals surface area contributed by atoms with Crippen LogP contribution < -0.4 is 10.6 Å². The maximum Gasteiger partial charge on any atom is 0.271 e. The van der Waals surface area contributed by atoms with Gasteiger partial charge in [0.15, 0.2) is 0 Å². The summed E-state index contributed by atoms with van der Waals surface area (Å²) >= 11 is 6.02. The quantitative estimate of drug-likeness (QED) is 0.889. The lowest BCUT2D eigenvalue weighted by Crippen LogP contribution is -2.24. The van der Waals surface area contributed by atoms with Crippen LogP contribution in [0.15, 0.2) is 42.5 Å². The minimum atomic E-state index is -0.279. The summed E-state index contributed by atoms with van der Waals surface area (Å²) in [6.07, 6.45) is 0. The van der Waals surface area contributed by atoms with Crippen LogP contribution in [0.25, 0.3) is 0 Å². The summed E-state index contributed by atoms with van der Waals surface area (Å²) in [5.41, 5.74) is 1.26. The van der Waals surface area contributed by atoms with Crippen molar-refractivity contribution in [1.82, 2.24) is 10.3 Å². The molecule has 0 unspecified atom stereocenters. The number of nitrogens with zero attached hydrogens (tertiary/aromatic N) is 1. The molecule has 2 aromatic rings. The number of anilines is 1. The van der Waals surface area contributed by atoms with Gasteiger partial charge in [-0.2, -0.15) is 0 Å². The average molecular weight is 290 g/mol. The van der Waals surface area contributed by atoms with Gasteiger partial charge in [-0.05, 0) is 24.6 Å². The number of benzene rings is 1. The molecule has 0 bridgehead atoms. The van der Waals surface area contributed by atoms with Crippen molar-refractivity contribution < 1.29 is 4.79 Å². The molecule has 0 fully saturated rings. The number of rotatable bonds is 5. The van der Waals surface area contributed by atoms with E-state index in [0.29, 0.717) is 17.4 Å². The Labute approximate surface area is 123 Å². The number of halogens is 1. The van der Waals surface area contributed by atoms with Gasteiger partial charge in [0.2, 0.25) is 0 Å². The third kappa shape index (κ3) is 3.71. The molecule has 5 heteroatoms. The molecular weight excluding hydrogens is 274 g/mol.